The number of carbonyl (C=O) groups excluding carboxylic acids is 2. The first-order valence-electron chi connectivity index (χ1n) is 11.1. The zero-order chi connectivity index (χ0) is 23.5. The number of hydrogen-bond acceptors (Lipinski definition) is 8. The summed E-state index contributed by atoms with van der Waals surface area (Å²) in [5, 5.41) is 11.6. The third-order valence-corrected chi connectivity index (χ3v) is 7.88. The van der Waals surface area contributed by atoms with Gasteiger partial charge in [0.25, 0.3) is 5.91 Å². The molecule has 2 aliphatic rings. The Balaban J connectivity index is 1.63. The molecule has 1 aromatic carbocycles. The van der Waals surface area contributed by atoms with Gasteiger partial charge in [-0.3, -0.25) is 14.5 Å². The smallest absolute Gasteiger partial charge is 0.290 e. The Bertz CT molecular complexity index is 1060. The average Bonchev–Trinajstić information content (AvgIpc) is 3.29. The lowest BCUT2D eigenvalue weighted by atomic mass is 9.95. The molecule has 9 heteroatoms. The Labute approximate surface area is 202 Å². The van der Waals surface area contributed by atoms with Crippen LogP contribution in [0.5, 0.6) is 0 Å². The monoisotopic (exact) mass is 487 g/mol. The van der Waals surface area contributed by atoms with Gasteiger partial charge in [0.05, 0.1) is 40.4 Å². The minimum absolute atomic E-state index is 0.148. The number of ether oxygens (including phenoxy) is 1. The molecule has 0 bridgehead atoms. The van der Waals surface area contributed by atoms with Gasteiger partial charge in [0.2, 0.25) is 5.78 Å². The fourth-order valence-corrected chi connectivity index (χ4v) is 5.68. The molecule has 1 amide bonds. The molecule has 2 aliphatic heterocycles. The number of ketones is 1. The van der Waals surface area contributed by atoms with Gasteiger partial charge in [-0.25, -0.2) is 4.98 Å². The average molecular weight is 488 g/mol. The Hall–Kier alpha value is -2.20. The van der Waals surface area contributed by atoms with Gasteiger partial charge in [0, 0.05) is 31.1 Å². The molecule has 2 aromatic rings. The Kier molecular flexibility index (Phi) is 7.53. The summed E-state index contributed by atoms with van der Waals surface area (Å²) in [6.07, 6.45) is 2.75. The van der Waals surface area contributed by atoms with Crippen LogP contribution in [0.15, 0.2) is 40.5 Å². The molecular formula is C24H29N3O4S2. The molecule has 1 atom stereocenters. The number of rotatable bonds is 8. The number of aliphatic hydroxyl groups excluding tert-OH is 1. The van der Waals surface area contributed by atoms with Gasteiger partial charge in [0.1, 0.15) is 0 Å². The third kappa shape index (κ3) is 5.01. The molecule has 1 N–H and O–H groups in total. The second-order valence-electron chi connectivity index (χ2n) is 8.22. The van der Waals surface area contributed by atoms with Crippen LogP contribution in [-0.4, -0.2) is 77.2 Å². The quantitative estimate of drug-likeness (QED) is 0.448. The SMILES string of the molecule is CSc1ccc(C2C(C(=O)c3sc(C)nc3C)=C(O)C(=O)N2CCCN2CCOCC2)cc1. The Morgan fingerprint density at radius 3 is 2.52 bits per heavy atom. The van der Waals surface area contributed by atoms with E-state index >= 15 is 0 Å². The standard InChI is InChI=1S/C24H29N3O4S2/c1-15-23(33-16(2)25-15)21(28)19-20(17-5-7-18(32-3)8-6-17)27(24(30)22(19)29)10-4-9-26-11-13-31-14-12-26/h5-8,20,29H,4,9-14H2,1-3H3. The van der Waals surface area contributed by atoms with Crippen LogP contribution < -0.4 is 0 Å². The van der Waals surface area contributed by atoms with Crippen molar-refractivity contribution in [2.75, 3.05) is 45.6 Å². The molecule has 33 heavy (non-hydrogen) atoms. The number of hydrogen-bond donors (Lipinski definition) is 1. The van der Waals surface area contributed by atoms with Crippen LogP contribution in [0.1, 0.15) is 38.4 Å². The number of nitrogens with zero attached hydrogens (tertiary/aromatic N) is 3. The molecule has 176 valence electrons. The van der Waals surface area contributed by atoms with Crippen molar-refractivity contribution < 1.29 is 19.4 Å². The number of aliphatic hydroxyl groups is 1. The summed E-state index contributed by atoms with van der Waals surface area (Å²) >= 11 is 2.93. The van der Waals surface area contributed by atoms with Crippen molar-refractivity contribution in [1.29, 1.82) is 0 Å². The maximum absolute atomic E-state index is 13.6. The Morgan fingerprint density at radius 1 is 1.21 bits per heavy atom. The predicted molar refractivity (Wildman–Crippen MR) is 130 cm³/mol. The van der Waals surface area contributed by atoms with Crippen LogP contribution in [0.25, 0.3) is 0 Å². The molecule has 1 aromatic heterocycles. The normalized spacial score (nSPS) is 19.5. The summed E-state index contributed by atoms with van der Waals surface area (Å²) in [7, 11) is 0. The molecule has 0 spiro atoms. The van der Waals surface area contributed by atoms with Gasteiger partial charge in [-0.1, -0.05) is 12.1 Å². The number of thiazole rings is 1. The van der Waals surface area contributed by atoms with E-state index in [0.29, 0.717) is 17.1 Å². The first-order valence-corrected chi connectivity index (χ1v) is 13.1. The first kappa shape index (κ1) is 23.9. The fourth-order valence-electron chi connectivity index (χ4n) is 4.40. The minimum atomic E-state index is -0.618. The molecule has 1 saturated heterocycles. The minimum Gasteiger partial charge on any atom is -0.503 e. The molecule has 7 nitrogen and oxygen atoms in total. The number of thioether (sulfide) groups is 1. The molecule has 0 aliphatic carbocycles. The maximum atomic E-state index is 13.6. The van der Waals surface area contributed by atoms with E-state index < -0.39 is 17.7 Å². The maximum Gasteiger partial charge on any atom is 0.290 e. The van der Waals surface area contributed by atoms with Crippen LogP contribution in [0, 0.1) is 13.8 Å². The topological polar surface area (TPSA) is 83.0 Å². The molecule has 1 unspecified atom stereocenters. The molecule has 3 heterocycles. The van der Waals surface area contributed by atoms with Gasteiger partial charge in [-0.05, 0) is 44.2 Å². The van der Waals surface area contributed by atoms with Crippen molar-refractivity contribution in [3.05, 3.63) is 56.7 Å². The number of carbonyl (C=O) groups is 2. The molecule has 0 radical (unpaired) electrons. The summed E-state index contributed by atoms with van der Waals surface area (Å²) in [6.45, 7) is 8.13. The number of aryl methyl sites for hydroxylation is 2. The van der Waals surface area contributed by atoms with E-state index in [4.69, 9.17) is 4.74 Å². The highest BCUT2D eigenvalue weighted by atomic mass is 32.2. The van der Waals surface area contributed by atoms with Gasteiger partial charge in [0.15, 0.2) is 5.76 Å². The van der Waals surface area contributed by atoms with E-state index in [-0.39, 0.29) is 11.4 Å². The van der Waals surface area contributed by atoms with Crippen molar-refractivity contribution in [2.45, 2.75) is 31.2 Å². The van der Waals surface area contributed by atoms with Gasteiger partial charge >= 0.3 is 0 Å². The molecular weight excluding hydrogens is 458 g/mol. The van der Waals surface area contributed by atoms with Crippen molar-refractivity contribution in [2.24, 2.45) is 0 Å². The summed E-state index contributed by atoms with van der Waals surface area (Å²) in [5.74, 6) is -1.26. The van der Waals surface area contributed by atoms with Gasteiger partial charge in [-0.15, -0.1) is 23.1 Å². The van der Waals surface area contributed by atoms with E-state index in [0.717, 1.165) is 54.7 Å². The van der Waals surface area contributed by atoms with Crippen molar-refractivity contribution >= 4 is 34.8 Å². The lowest BCUT2D eigenvalue weighted by molar-refractivity contribution is -0.129. The summed E-state index contributed by atoms with van der Waals surface area (Å²) in [4.78, 5) is 36.6. The third-order valence-electron chi connectivity index (χ3n) is 6.07. The second kappa shape index (κ2) is 10.4. The Morgan fingerprint density at radius 2 is 1.91 bits per heavy atom. The zero-order valence-corrected chi connectivity index (χ0v) is 20.8. The summed E-state index contributed by atoms with van der Waals surface area (Å²) in [5.41, 5.74) is 1.59. The molecule has 4 rings (SSSR count). The molecule has 1 fully saturated rings. The lowest BCUT2D eigenvalue weighted by Gasteiger charge is -2.30. The number of benzene rings is 1. The van der Waals surface area contributed by atoms with Crippen molar-refractivity contribution in [3.63, 3.8) is 0 Å². The van der Waals surface area contributed by atoms with Crippen molar-refractivity contribution in [3.8, 4) is 0 Å². The zero-order valence-electron chi connectivity index (χ0n) is 19.2. The number of aromatic nitrogens is 1. The largest absolute Gasteiger partial charge is 0.503 e. The van der Waals surface area contributed by atoms with Crippen LogP contribution in [-0.2, 0) is 9.53 Å². The van der Waals surface area contributed by atoms with E-state index in [1.165, 1.54) is 11.3 Å². The summed E-state index contributed by atoms with van der Waals surface area (Å²) < 4.78 is 5.41. The van der Waals surface area contributed by atoms with E-state index in [2.05, 4.69) is 9.88 Å². The first-order chi connectivity index (χ1) is 15.9. The van der Waals surface area contributed by atoms with Crippen LogP contribution >= 0.6 is 23.1 Å². The lowest BCUT2D eigenvalue weighted by Crippen LogP contribution is -2.39. The number of Topliss-reactive ketones (excluding diaryl/α,β-unsaturated/α-hetero) is 1. The van der Waals surface area contributed by atoms with Crippen LogP contribution in [0.4, 0.5) is 0 Å². The van der Waals surface area contributed by atoms with Gasteiger partial charge in [-0.2, -0.15) is 0 Å². The fraction of sp³-hybridized carbons (Fsp3) is 0.458. The molecule has 0 saturated carbocycles. The highest BCUT2D eigenvalue weighted by Gasteiger charge is 2.44. The number of amides is 1. The highest BCUT2D eigenvalue weighted by Crippen LogP contribution is 2.40. The van der Waals surface area contributed by atoms with E-state index in [9.17, 15) is 14.7 Å². The van der Waals surface area contributed by atoms with E-state index in [1.54, 1.807) is 23.6 Å². The second-order valence-corrected chi connectivity index (χ2v) is 10.3. The van der Waals surface area contributed by atoms with Crippen molar-refractivity contribution in [1.82, 2.24) is 14.8 Å². The highest BCUT2D eigenvalue weighted by molar-refractivity contribution is 7.98. The number of morpholine rings is 1. The van der Waals surface area contributed by atoms with Gasteiger partial charge < -0.3 is 14.7 Å². The van der Waals surface area contributed by atoms with Crippen LogP contribution in [0.2, 0.25) is 0 Å². The predicted octanol–water partition coefficient (Wildman–Crippen LogP) is 3.78. The van der Waals surface area contributed by atoms with Crippen LogP contribution in [0.3, 0.4) is 0 Å². The summed E-state index contributed by atoms with van der Waals surface area (Å²) in [6, 6.07) is 7.23. The van der Waals surface area contributed by atoms with E-state index in [1.807, 2.05) is 37.4 Å².